The first kappa shape index (κ1) is 29.9. The van der Waals surface area contributed by atoms with Gasteiger partial charge in [0, 0.05) is 12.4 Å². The first-order valence-corrected chi connectivity index (χ1v) is 14.2. The summed E-state index contributed by atoms with van der Waals surface area (Å²) in [5.41, 5.74) is 8.81. The summed E-state index contributed by atoms with van der Waals surface area (Å²) >= 11 is 0. The zero-order valence-corrected chi connectivity index (χ0v) is 25.1. The average molecular weight is 581 g/mol. The molecule has 218 valence electrons. The van der Waals surface area contributed by atoms with Gasteiger partial charge in [0.1, 0.15) is 11.5 Å². The highest BCUT2D eigenvalue weighted by molar-refractivity contribution is 5.95. The molecule has 5 rings (SSSR count). The van der Waals surface area contributed by atoms with Gasteiger partial charge in [-0.3, -0.25) is 9.98 Å². The maximum Gasteiger partial charge on any atom is 0.343 e. The van der Waals surface area contributed by atoms with E-state index in [1.54, 1.807) is 36.7 Å². The minimum Gasteiger partial charge on any atom is -0.423 e. The molecular formula is C38H32N2O4. The van der Waals surface area contributed by atoms with Crippen LogP contribution in [0.2, 0.25) is 0 Å². The molecule has 0 aliphatic heterocycles. The molecule has 44 heavy (non-hydrogen) atoms. The number of aryl methyl sites for hydroxylation is 4. The van der Waals surface area contributed by atoms with Crippen molar-refractivity contribution in [3.8, 4) is 11.5 Å². The SMILES string of the molecule is Cc1ccc(N=Cc2ccc(OC(=O)c3ccc(C(=O)Oc4ccc(C=Nc5ccc(C)cc5C)cc4)cc3)cc2)c(C)c1. The summed E-state index contributed by atoms with van der Waals surface area (Å²) in [6.07, 6.45) is 3.55. The van der Waals surface area contributed by atoms with E-state index in [9.17, 15) is 9.59 Å². The van der Waals surface area contributed by atoms with Crippen LogP contribution in [0.3, 0.4) is 0 Å². The summed E-state index contributed by atoms with van der Waals surface area (Å²) < 4.78 is 11.0. The van der Waals surface area contributed by atoms with Crippen molar-refractivity contribution in [2.24, 2.45) is 9.98 Å². The lowest BCUT2D eigenvalue weighted by atomic mass is 10.1. The van der Waals surface area contributed by atoms with E-state index in [2.05, 4.69) is 36.0 Å². The topological polar surface area (TPSA) is 77.3 Å². The van der Waals surface area contributed by atoms with Crippen LogP contribution >= 0.6 is 0 Å². The van der Waals surface area contributed by atoms with Crippen molar-refractivity contribution in [2.45, 2.75) is 27.7 Å². The number of carbonyl (C=O) groups excluding carboxylic acids is 2. The van der Waals surface area contributed by atoms with Gasteiger partial charge >= 0.3 is 11.9 Å². The Labute approximate surface area is 257 Å². The molecule has 0 spiro atoms. The van der Waals surface area contributed by atoms with Crippen LogP contribution in [-0.4, -0.2) is 24.4 Å². The molecule has 5 aromatic carbocycles. The van der Waals surface area contributed by atoms with Crippen molar-refractivity contribution in [1.82, 2.24) is 0 Å². The third-order valence-corrected chi connectivity index (χ3v) is 6.95. The average Bonchev–Trinajstić information content (AvgIpc) is 3.02. The fraction of sp³-hybridized carbons (Fsp3) is 0.105. The second-order valence-electron chi connectivity index (χ2n) is 10.6. The molecule has 0 fully saturated rings. The van der Waals surface area contributed by atoms with Crippen LogP contribution in [0.1, 0.15) is 54.1 Å². The summed E-state index contributed by atoms with van der Waals surface area (Å²) in [6, 6.07) is 32.6. The Kier molecular flexibility index (Phi) is 9.21. The molecular weight excluding hydrogens is 548 g/mol. The van der Waals surface area contributed by atoms with Gasteiger partial charge in [0.25, 0.3) is 0 Å². The second-order valence-corrected chi connectivity index (χ2v) is 10.6. The predicted molar refractivity (Wildman–Crippen MR) is 176 cm³/mol. The largest absolute Gasteiger partial charge is 0.423 e. The van der Waals surface area contributed by atoms with Crippen LogP contribution in [0.5, 0.6) is 11.5 Å². The Morgan fingerprint density at radius 2 is 0.864 bits per heavy atom. The zero-order chi connectivity index (χ0) is 31.1. The minimum atomic E-state index is -0.528. The summed E-state index contributed by atoms with van der Waals surface area (Å²) in [7, 11) is 0. The third-order valence-electron chi connectivity index (χ3n) is 6.95. The van der Waals surface area contributed by atoms with Gasteiger partial charge in [0.15, 0.2) is 0 Å². The molecule has 6 heteroatoms. The molecule has 0 N–H and O–H groups in total. The van der Waals surface area contributed by atoms with E-state index in [4.69, 9.17) is 9.47 Å². The number of benzene rings is 5. The number of rotatable bonds is 8. The number of carbonyl (C=O) groups is 2. The Bertz CT molecular complexity index is 1720. The lowest BCUT2D eigenvalue weighted by Crippen LogP contribution is -2.11. The number of aliphatic imine (C=N–C) groups is 2. The van der Waals surface area contributed by atoms with E-state index >= 15 is 0 Å². The van der Waals surface area contributed by atoms with Gasteiger partial charge in [-0.25, -0.2) is 9.59 Å². The van der Waals surface area contributed by atoms with Crippen molar-refractivity contribution in [1.29, 1.82) is 0 Å². The fourth-order valence-corrected chi connectivity index (χ4v) is 4.51. The van der Waals surface area contributed by atoms with Crippen molar-refractivity contribution >= 4 is 35.7 Å². The number of ether oxygens (including phenoxy) is 2. The standard InChI is InChI=1S/C38H32N2O4/c1-25-5-19-35(27(3)21-25)39-23-29-7-15-33(16-8-29)43-37(41)31-11-13-32(14-12-31)38(42)44-34-17-9-30(10-18-34)24-40-36-20-6-26(2)22-28(36)4/h5-24H,1-4H3. The molecule has 0 bridgehead atoms. The minimum absolute atomic E-state index is 0.314. The Balaban J connectivity index is 1.14. The third kappa shape index (κ3) is 7.81. The number of nitrogens with zero attached hydrogens (tertiary/aromatic N) is 2. The molecule has 0 saturated heterocycles. The number of esters is 2. The summed E-state index contributed by atoms with van der Waals surface area (Å²) in [4.78, 5) is 34.5. The van der Waals surface area contributed by atoms with Crippen molar-refractivity contribution in [2.75, 3.05) is 0 Å². The molecule has 0 amide bonds. The Morgan fingerprint density at radius 3 is 1.20 bits per heavy atom. The predicted octanol–water partition coefficient (Wildman–Crippen LogP) is 8.86. The second kappa shape index (κ2) is 13.6. The van der Waals surface area contributed by atoms with Crippen molar-refractivity contribution in [3.05, 3.63) is 154 Å². The maximum atomic E-state index is 12.7. The smallest absolute Gasteiger partial charge is 0.343 e. The summed E-state index contributed by atoms with van der Waals surface area (Å²) in [6.45, 7) is 8.16. The quantitative estimate of drug-likeness (QED) is 0.104. The highest BCUT2D eigenvalue weighted by atomic mass is 16.5. The van der Waals surface area contributed by atoms with Gasteiger partial charge < -0.3 is 9.47 Å². The highest BCUT2D eigenvalue weighted by Gasteiger charge is 2.13. The lowest BCUT2D eigenvalue weighted by molar-refractivity contribution is 0.0720. The van der Waals surface area contributed by atoms with E-state index in [0.29, 0.717) is 22.6 Å². The van der Waals surface area contributed by atoms with E-state index in [1.807, 2.05) is 62.4 Å². The van der Waals surface area contributed by atoms with E-state index in [0.717, 1.165) is 33.6 Å². The zero-order valence-electron chi connectivity index (χ0n) is 25.1. The summed E-state index contributed by atoms with van der Waals surface area (Å²) in [5, 5.41) is 0. The van der Waals surface area contributed by atoms with Crippen LogP contribution in [0.4, 0.5) is 11.4 Å². The Hall–Kier alpha value is -5.62. The van der Waals surface area contributed by atoms with Gasteiger partial charge in [-0.05, 0) is 135 Å². The Morgan fingerprint density at radius 1 is 0.500 bits per heavy atom. The van der Waals surface area contributed by atoms with E-state index < -0.39 is 11.9 Å². The van der Waals surface area contributed by atoms with Crippen molar-refractivity contribution < 1.29 is 19.1 Å². The van der Waals surface area contributed by atoms with Crippen LogP contribution < -0.4 is 9.47 Å². The monoisotopic (exact) mass is 580 g/mol. The van der Waals surface area contributed by atoms with Gasteiger partial charge in [-0.2, -0.15) is 0 Å². The highest BCUT2D eigenvalue weighted by Crippen LogP contribution is 2.22. The molecule has 0 saturated carbocycles. The first-order chi connectivity index (χ1) is 21.2. The first-order valence-electron chi connectivity index (χ1n) is 14.2. The fourth-order valence-electron chi connectivity index (χ4n) is 4.51. The van der Waals surface area contributed by atoms with Gasteiger partial charge in [0.05, 0.1) is 22.5 Å². The van der Waals surface area contributed by atoms with Crippen LogP contribution in [0.15, 0.2) is 119 Å². The van der Waals surface area contributed by atoms with Gasteiger partial charge in [-0.1, -0.05) is 35.4 Å². The van der Waals surface area contributed by atoms with Gasteiger partial charge in [0.2, 0.25) is 0 Å². The normalized spacial score (nSPS) is 11.2. The summed E-state index contributed by atoms with van der Waals surface area (Å²) in [5.74, 6) is -0.242. The molecule has 0 atom stereocenters. The maximum absolute atomic E-state index is 12.7. The number of hydrogen-bond acceptors (Lipinski definition) is 6. The number of hydrogen-bond donors (Lipinski definition) is 0. The molecule has 0 unspecified atom stereocenters. The molecule has 6 nitrogen and oxygen atoms in total. The molecule has 5 aromatic rings. The molecule has 0 aromatic heterocycles. The van der Waals surface area contributed by atoms with Gasteiger partial charge in [-0.15, -0.1) is 0 Å². The van der Waals surface area contributed by atoms with Crippen LogP contribution in [0.25, 0.3) is 0 Å². The molecule has 0 aliphatic carbocycles. The molecule has 0 aliphatic rings. The van der Waals surface area contributed by atoms with E-state index in [1.165, 1.54) is 35.4 Å². The van der Waals surface area contributed by atoms with Crippen LogP contribution in [-0.2, 0) is 0 Å². The van der Waals surface area contributed by atoms with Crippen LogP contribution in [0, 0.1) is 27.7 Å². The van der Waals surface area contributed by atoms with E-state index in [-0.39, 0.29) is 0 Å². The molecule has 0 radical (unpaired) electrons. The van der Waals surface area contributed by atoms with Crippen molar-refractivity contribution in [3.63, 3.8) is 0 Å². The molecule has 0 heterocycles. The lowest BCUT2D eigenvalue weighted by Gasteiger charge is -2.07.